The molecule has 0 aliphatic rings. The van der Waals surface area contributed by atoms with Gasteiger partial charge in [-0.25, -0.2) is 0 Å². The predicted molar refractivity (Wildman–Crippen MR) is 72.1 cm³/mol. The van der Waals surface area contributed by atoms with Crippen LogP contribution in [0.25, 0.3) is 0 Å². The van der Waals surface area contributed by atoms with Crippen LogP contribution < -0.4 is 5.32 Å². The van der Waals surface area contributed by atoms with Crippen LogP contribution in [0.4, 0.5) is 0 Å². The molecule has 0 spiro atoms. The number of halogens is 1. The SMILES string of the molecule is CCCC(C)C(Cc1ccccc1Cl)NC. The van der Waals surface area contributed by atoms with Crippen LogP contribution >= 0.6 is 11.6 Å². The lowest BCUT2D eigenvalue weighted by Crippen LogP contribution is -2.34. The average Bonchev–Trinajstić information content (AvgIpc) is 2.28. The molecule has 2 heteroatoms. The molecular formula is C14H22ClN. The minimum absolute atomic E-state index is 0.514. The van der Waals surface area contributed by atoms with E-state index in [0.29, 0.717) is 12.0 Å². The molecule has 1 nitrogen and oxygen atoms in total. The van der Waals surface area contributed by atoms with E-state index in [-0.39, 0.29) is 0 Å². The summed E-state index contributed by atoms with van der Waals surface area (Å²) < 4.78 is 0. The highest BCUT2D eigenvalue weighted by molar-refractivity contribution is 6.31. The van der Waals surface area contributed by atoms with Crippen LogP contribution in [0.3, 0.4) is 0 Å². The molecule has 0 radical (unpaired) electrons. The number of rotatable bonds is 6. The molecule has 0 aliphatic heterocycles. The maximum atomic E-state index is 6.18. The molecule has 1 aromatic carbocycles. The van der Waals surface area contributed by atoms with Crippen molar-refractivity contribution in [1.82, 2.24) is 5.32 Å². The summed E-state index contributed by atoms with van der Waals surface area (Å²) in [5.74, 6) is 0.686. The third-order valence-electron chi connectivity index (χ3n) is 3.20. The van der Waals surface area contributed by atoms with Crippen LogP contribution in [0.1, 0.15) is 32.3 Å². The van der Waals surface area contributed by atoms with Crippen LogP contribution in [0.5, 0.6) is 0 Å². The van der Waals surface area contributed by atoms with E-state index < -0.39 is 0 Å². The molecule has 0 bridgehead atoms. The molecule has 0 saturated heterocycles. The van der Waals surface area contributed by atoms with Gasteiger partial charge in [-0.2, -0.15) is 0 Å². The molecule has 0 fully saturated rings. The van der Waals surface area contributed by atoms with Crippen molar-refractivity contribution in [2.24, 2.45) is 5.92 Å². The summed E-state index contributed by atoms with van der Waals surface area (Å²) in [6, 6.07) is 8.63. The van der Waals surface area contributed by atoms with Crippen LogP contribution in [0.15, 0.2) is 24.3 Å². The summed E-state index contributed by atoms with van der Waals surface area (Å²) in [7, 11) is 2.04. The molecule has 0 aliphatic carbocycles. The van der Waals surface area contributed by atoms with Crippen molar-refractivity contribution in [2.75, 3.05) is 7.05 Å². The summed E-state index contributed by atoms with van der Waals surface area (Å²) in [5, 5.41) is 4.28. The Bertz CT molecular complexity index is 311. The number of benzene rings is 1. The van der Waals surface area contributed by atoms with Crippen molar-refractivity contribution in [3.8, 4) is 0 Å². The summed E-state index contributed by atoms with van der Waals surface area (Å²) in [6.07, 6.45) is 3.51. The molecule has 90 valence electrons. The minimum atomic E-state index is 0.514. The summed E-state index contributed by atoms with van der Waals surface area (Å²) >= 11 is 6.18. The van der Waals surface area contributed by atoms with E-state index in [2.05, 4.69) is 31.3 Å². The maximum absolute atomic E-state index is 6.18. The second-order valence-electron chi connectivity index (χ2n) is 4.46. The summed E-state index contributed by atoms with van der Waals surface area (Å²) in [6.45, 7) is 4.54. The number of hydrogen-bond donors (Lipinski definition) is 1. The van der Waals surface area contributed by atoms with Crippen LogP contribution in [0, 0.1) is 5.92 Å². The minimum Gasteiger partial charge on any atom is -0.316 e. The van der Waals surface area contributed by atoms with Gasteiger partial charge < -0.3 is 5.32 Å². The lowest BCUT2D eigenvalue weighted by Gasteiger charge is -2.23. The first-order valence-corrected chi connectivity index (χ1v) is 6.47. The maximum Gasteiger partial charge on any atom is 0.0438 e. The standard InChI is InChI=1S/C14H22ClN/c1-4-7-11(2)14(16-3)10-12-8-5-6-9-13(12)15/h5-6,8-9,11,14,16H,4,7,10H2,1-3H3. The van der Waals surface area contributed by atoms with E-state index in [0.717, 1.165) is 11.4 Å². The zero-order chi connectivity index (χ0) is 12.0. The first-order valence-electron chi connectivity index (χ1n) is 6.09. The predicted octanol–water partition coefficient (Wildman–Crippen LogP) is 3.91. The van der Waals surface area contributed by atoms with Crippen molar-refractivity contribution in [3.63, 3.8) is 0 Å². The van der Waals surface area contributed by atoms with Gasteiger partial charge in [0.1, 0.15) is 0 Å². The summed E-state index contributed by atoms with van der Waals surface area (Å²) in [4.78, 5) is 0. The van der Waals surface area contributed by atoms with Crippen LogP contribution in [0.2, 0.25) is 5.02 Å². The van der Waals surface area contributed by atoms with Gasteiger partial charge >= 0.3 is 0 Å². The Hall–Kier alpha value is -0.530. The number of likely N-dealkylation sites (N-methyl/N-ethyl adjacent to an activating group) is 1. The molecule has 0 amide bonds. The van der Waals surface area contributed by atoms with Gasteiger partial charge in [-0.1, -0.05) is 50.1 Å². The second-order valence-corrected chi connectivity index (χ2v) is 4.86. The van der Waals surface area contributed by atoms with Gasteiger partial charge in [0.2, 0.25) is 0 Å². The monoisotopic (exact) mass is 239 g/mol. The molecule has 1 aromatic rings. The Labute approximate surface area is 104 Å². The van der Waals surface area contributed by atoms with Crippen molar-refractivity contribution >= 4 is 11.6 Å². The number of nitrogens with one attached hydrogen (secondary N) is 1. The Morgan fingerprint density at radius 2 is 2.00 bits per heavy atom. The van der Waals surface area contributed by atoms with Gasteiger partial charge in [0.25, 0.3) is 0 Å². The fraction of sp³-hybridized carbons (Fsp3) is 0.571. The Kier molecular flexibility index (Phi) is 5.86. The third-order valence-corrected chi connectivity index (χ3v) is 3.57. The number of hydrogen-bond acceptors (Lipinski definition) is 1. The molecule has 0 heterocycles. The molecule has 2 atom stereocenters. The van der Waals surface area contributed by atoms with E-state index in [1.54, 1.807) is 0 Å². The fourth-order valence-corrected chi connectivity index (χ4v) is 2.36. The Morgan fingerprint density at radius 3 is 2.56 bits per heavy atom. The van der Waals surface area contributed by atoms with Gasteiger partial charge in [0, 0.05) is 11.1 Å². The topological polar surface area (TPSA) is 12.0 Å². The fourth-order valence-electron chi connectivity index (χ4n) is 2.15. The highest BCUT2D eigenvalue weighted by Gasteiger charge is 2.16. The van der Waals surface area contributed by atoms with Gasteiger partial charge in [0.05, 0.1) is 0 Å². The molecule has 0 aromatic heterocycles. The van der Waals surface area contributed by atoms with Crippen molar-refractivity contribution in [3.05, 3.63) is 34.9 Å². The van der Waals surface area contributed by atoms with Crippen molar-refractivity contribution in [1.29, 1.82) is 0 Å². The smallest absolute Gasteiger partial charge is 0.0438 e. The highest BCUT2D eigenvalue weighted by atomic mass is 35.5. The average molecular weight is 240 g/mol. The first kappa shape index (κ1) is 13.5. The van der Waals surface area contributed by atoms with Crippen molar-refractivity contribution in [2.45, 2.75) is 39.2 Å². The molecule has 2 unspecified atom stereocenters. The Balaban J connectivity index is 2.66. The molecule has 1 rings (SSSR count). The van der Waals surface area contributed by atoms with Gasteiger partial charge in [-0.05, 0) is 37.4 Å². The lowest BCUT2D eigenvalue weighted by atomic mass is 9.92. The molecule has 16 heavy (non-hydrogen) atoms. The van der Waals surface area contributed by atoms with E-state index in [1.807, 2.05) is 19.2 Å². The summed E-state index contributed by atoms with van der Waals surface area (Å²) in [5.41, 5.74) is 1.24. The van der Waals surface area contributed by atoms with Crippen LogP contribution in [-0.2, 0) is 6.42 Å². The molecular weight excluding hydrogens is 218 g/mol. The van der Waals surface area contributed by atoms with Crippen molar-refractivity contribution < 1.29 is 0 Å². The zero-order valence-corrected chi connectivity index (χ0v) is 11.2. The van der Waals surface area contributed by atoms with Gasteiger partial charge in [0.15, 0.2) is 0 Å². The largest absolute Gasteiger partial charge is 0.316 e. The van der Waals surface area contributed by atoms with E-state index >= 15 is 0 Å². The van der Waals surface area contributed by atoms with Crippen LogP contribution in [-0.4, -0.2) is 13.1 Å². The second kappa shape index (κ2) is 6.93. The van der Waals surface area contributed by atoms with Gasteiger partial charge in [-0.3, -0.25) is 0 Å². The Morgan fingerprint density at radius 1 is 1.31 bits per heavy atom. The van der Waals surface area contributed by atoms with E-state index in [1.165, 1.54) is 18.4 Å². The zero-order valence-electron chi connectivity index (χ0n) is 10.5. The normalized spacial score (nSPS) is 14.8. The quantitative estimate of drug-likeness (QED) is 0.794. The van der Waals surface area contributed by atoms with E-state index in [9.17, 15) is 0 Å². The van der Waals surface area contributed by atoms with Gasteiger partial charge in [-0.15, -0.1) is 0 Å². The first-order chi connectivity index (χ1) is 7.69. The highest BCUT2D eigenvalue weighted by Crippen LogP contribution is 2.20. The lowest BCUT2D eigenvalue weighted by molar-refractivity contribution is 0.372. The van der Waals surface area contributed by atoms with E-state index in [4.69, 9.17) is 11.6 Å². The molecule has 1 N–H and O–H groups in total. The molecule has 0 saturated carbocycles. The third kappa shape index (κ3) is 3.80.